The van der Waals surface area contributed by atoms with Crippen LogP contribution in [-0.2, 0) is 13.1 Å². The van der Waals surface area contributed by atoms with Gasteiger partial charge in [0.05, 0.1) is 19.4 Å². The van der Waals surface area contributed by atoms with Gasteiger partial charge < -0.3 is 14.3 Å². The summed E-state index contributed by atoms with van der Waals surface area (Å²) in [6.45, 7) is 4.69. The van der Waals surface area contributed by atoms with Gasteiger partial charge in [0.2, 0.25) is 0 Å². The molecule has 2 aromatic carbocycles. The zero-order chi connectivity index (χ0) is 22.5. The number of nitrogens with one attached hydrogen (secondary N) is 1. The van der Waals surface area contributed by atoms with Gasteiger partial charge in [-0.1, -0.05) is 35.9 Å². The van der Waals surface area contributed by atoms with Crippen LogP contribution in [-0.4, -0.2) is 16.4 Å². The molecule has 0 spiro atoms. The maximum Gasteiger partial charge on any atom is 0.279 e. The van der Waals surface area contributed by atoms with Gasteiger partial charge in [0.1, 0.15) is 5.76 Å². The second-order valence-electron chi connectivity index (χ2n) is 7.45. The molecule has 6 nitrogen and oxygen atoms in total. The van der Waals surface area contributed by atoms with E-state index in [1.165, 1.54) is 11.3 Å². The molecule has 4 rings (SSSR count). The number of carbonyl (C=O) groups excluding carboxylic acids is 2. The largest absolute Gasteiger partial charge is 0.467 e. The van der Waals surface area contributed by atoms with E-state index in [-0.39, 0.29) is 11.8 Å². The first-order chi connectivity index (χ1) is 15.5. The second-order valence-corrected chi connectivity index (χ2v) is 8.67. The zero-order valence-corrected chi connectivity index (χ0v) is 18.7. The van der Waals surface area contributed by atoms with Gasteiger partial charge in [-0.25, -0.2) is 0 Å². The van der Waals surface area contributed by atoms with Crippen molar-refractivity contribution in [3.8, 4) is 0 Å². The molecule has 0 atom stereocenters. The number of carbonyl (C=O) groups is 2. The number of aromatic nitrogens is 1. The van der Waals surface area contributed by atoms with Crippen molar-refractivity contribution in [1.29, 1.82) is 0 Å². The molecule has 0 radical (unpaired) electrons. The molecule has 0 saturated heterocycles. The number of nitrogens with zero attached hydrogens (tertiary/aromatic N) is 2. The predicted molar refractivity (Wildman–Crippen MR) is 124 cm³/mol. The van der Waals surface area contributed by atoms with Gasteiger partial charge in [-0.15, -0.1) is 11.3 Å². The fraction of sp³-hybridized carbons (Fsp3) is 0.160. The SMILES string of the molecule is Cc1ccc(C(=O)N=c2sc(C)cn2Cc2ccccc2C(=O)NCc2ccco2)cc1. The van der Waals surface area contributed by atoms with Crippen molar-refractivity contribution in [1.82, 2.24) is 9.88 Å². The van der Waals surface area contributed by atoms with Gasteiger partial charge >= 0.3 is 0 Å². The first-order valence-electron chi connectivity index (χ1n) is 10.2. The molecule has 0 aliphatic rings. The maximum absolute atomic E-state index is 12.8. The normalized spacial score (nSPS) is 11.5. The molecule has 162 valence electrons. The smallest absolute Gasteiger partial charge is 0.279 e. The number of amides is 2. The van der Waals surface area contributed by atoms with Crippen LogP contribution < -0.4 is 10.1 Å². The van der Waals surface area contributed by atoms with E-state index >= 15 is 0 Å². The Labute approximate surface area is 189 Å². The molecule has 0 saturated carbocycles. The standard InChI is InChI=1S/C25H23N3O3S/c1-17-9-11-19(12-10-17)23(29)27-25-28(15-18(2)32-25)16-20-6-3-4-8-22(20)24(30)26-14-21-7-5-13-31-21/h3-13,15H,14,16H2,1-2H3,(H,26,30). The second kappa shape index (κ2) is 9.62. The van der Waals surface area contributed by atoms with Crippen LogP contribution in [0.4, 0.5) is 0 Å². The molecule has 7 heteroatoms. The van der Waals surface area contributed by atoms with E-state index in [1.54, 1.807) is 30.5 Å². The van der Waals surface area contributed by atoms with Crippen molar-refractivity contribution < 1.29 is 14.0 Å². The summed E-state index contributed by atoms with van der Waals surface area (Å²) in [7, 11) is 0. The van der Waals surface area contributed by atoms with Crippen molar-refractivity contribution in [3.05, 3.63) is 111 Å². The number of furan rings is 1. The van der Waals surface area contributed by atoms with E-state index in [9.17, 15) is 9.59 Å². The third kappa shape index (κ3) is 5.12. The number of thiazole rings is 1. The number of hydrogen-bond donors (Lipinski definition) is 1. The van der Waals surface area contributed by atoms with Gasteiger partial charge in [-0.2, -0.15) is 4.99 Å². The van der Waals surface area contributed by atoms with Crippen molar-refractivity contribution in [2.45, 2.75) is 26.9 Å². The fourth-order valence-corrected chi connectivity index (χ4v) is 4.12. The van der Waals surface area contributed by atoms with Crippen molar-refractivity contribution in [2.24, 2.45) is 4.99 Å². The molecule has 2 heterocycles. The minimum Gasteiger partial charge on any atom is -0.467 e. The third-order valence-electron chi connectivity index (χ3n) is 4.94. The van der Waals surface area contributed by atoms with Crippen molar-refractivity contribution in [2.75, 3.05) is 0 Å². The van der Waals surface area contributed by atoms with Crippen LogP contribution in [0.2, 0.25) is 0 Å². The molecule has 0 bridgehead atoms. The van der Waals surface area contributed by atoms with E-state index in [1.807, 2.05) is 61.0 Å². The average Bonchev–Trinajstić information content (AvgIpc) is 3.42. The Morgan fingerprint density at radius 1 is 1.03 bits per heavy atom. The summed E-state index contributed by atoms with van der Waals surface area (Å²) in [5, 5.41) is 2.89. The summed E-state index contributed by atoms with van der Waals surface area (Å²) in [6.07, 6.45) is 3.53. The quantitative estimate of drug-likeness (QED) is 0.475. The summed E-state index contributed by atoms with van der Waals surface area (Å²) < 4.78 is 7.19. The average molecular weight is 446 g/mol. The van der Waals surface area contributed by atoms with E-state index in [0.717, 1.165) is 16.0 Å². The molecular weight excluding hydrogens is 422 g/mol. The Balaban J connectivity index is 1.58. The summed E-state index contributed by atoms with van der Waals surface area (Å²) in [5.74, 6) is 0.221. The number of hydrogen-bond acceptors (Lipinski definition) is 4. The Morgan fingerprint density at radius 2 is 1.81 bits per heavy atom. The van der Waals surface area contributed by atoms with Gasteiger partial charge in [-0.05, 0) is 49.7 Å². The molecule has 0 aliphatic heterocycles. The lowest BCUT2D eigenvalue weighted by Gasteiger charge is -2.10. The fourth-order valence-electron chi connectivity index (χ4n) is 3.29. The van der Waals surface area contributed by atoms with Crippen LogP contribution in [0.1, 0.15) is 42.5 Å². The monoisotopic (exact) mass is 445 g/mol. The van der Waals surface area contributed by atoms with Gasteiger partial charge in [0.25, 0.3) is 11.8 Å². The van der Waals surface area contributed by atoms with E-state index in [0.29, 0.717) is 34.8 Å². The molecule has 0 unspecified atom stereocenters. The number of benzene rings is 2. The van der Waals surface area contributed by atoms with Crippen molar-refractivity contribution >= 4 is 23.2 Å². The van der Waals surface area contributed by atoms with Crippen LogP contribution in [0.15, 0.2) is 82.5 Å². The summed E-state index contributed by atoms with van der Waals surface area (Å²) in [5.41, 5.74) is 3.05. The molecular formula is C25H23N3O3S. The Kier molecular flexibility index (Phi) is 6.47. The zero-order valence-electron chi connectivity index (χ0n) is 17.9. The van der Waals surface area contributed by atoms with Crippen LogP contribution in [0.25, 0.3) is 0 Å². The van der Waals surface area contributed by atoms with Gasteiger partial charge in [0.15, 0.2) is 4.80 Å². The molecule has 2 aromatic heterocycles. The number of rotatable bonds is 6. The highest BCUT2D eigenvalue weighted by atomic mass is 32.1. The van der Waals surface area contributed by atoms with Crippen LogP contribution in [0.3, 0.4) is 0 Å². The van der Waals surface area contributed by atoms with E-state index < -0.39 is 0 Å². The lowest BCUT2D eigenvalue weighted by molar-refractivity contribution is 0.0945. The molecule has 4 aromatic rings. The highest BCUT2D eigenvalue weighted by molar-refractivity contribution is 7.09. The van der Waals surface area contributed by atoms with Gasteiger partial charge in [-0.3, -0.25) is 9.59 Å². The van der Waals surface area contributed by atoms with Crippen LogP contribution in [0.5, 0.6) is 0 Å². The lowest BCUT2D eigenvalue weighted by atomic mass is 10.1. The third-order valence-corrected chi connectivity index (χ3v) is 5.87. The van der Waals surface area contributed by atoms with Crippen molar-refractivity contribution in [3.63, 3.8) is 0 Å². The maximum atomic E-state index is 12.8. The highest BCUT2D eigenvalue weighted by Gasteiger charge is 2.13. The van der Waals surface area contributed by atoms with E-state index in [4.69, 9.17) is 4.42 Å². The molecule has 32 heavy (non-hydrogen) atoms. The van der Waals surface area contributed by atoms with Gasteiger partial charge in [0, 0.05) is 22.2 Å². The Hall–Kier alpha value is -3.71. The minimum atomic E-state index is -0.287. The Bertz CT molecular complexity index is 1300. The first-order valence-corrected chi connectivity index (χ1v) is 11.0. The first kappa shape index (κ1) is 21.5. The highest BCUT2D eigenvalue weighted by Crippen LogP contribution is 2.13. The molecule has 1 N–H and O–H groups in total. The summed E-state index contributed by atoms with van der Waals surface area (Å²) >= 11 is 1.45. The molecule has 2 amide bonds. The molecule has 0 fully saturated rings. The van der Waals surface area contributed by atoms with E-state index in [2.05, 4.69) is 10.3 Å². The van der Waals surface area contributed by atoms with Crippen LogP contribution in [0, 0.1) is 13.8 Å². The Morgan fingerprint density at radius 3 is 2.56 bits per heavy atom. The lowest BCUT2D eigenvalue weighted by Crippen LogP contribution is -2.25. The predicted octanol–water partition coefficient (Wildman–Crippen LogP) is 4.48. The van der Waals surface area contributed by atoms with Crippen LogP contribution >= 0.6 is 11.3 Å². The minimum absolute atomic E-state index is 0.182. The summed E-state index contributed by atoms with van der Waals surface area (Å²) in [6, 6.07) is 18.4. The number of aryl methyl sites for hydroxylation is 2. The molecule has 0 aliphatic carbocycles. The topological polar surface area (TPSA) is 76.6 Å². The summed E-state index contributed by atoms with van der Waals surface area (Å²) in [4.78, 5) is 31.4.